The van der Waals surface area contributed by atoms with Gasteiger partial charge in [-0.25, -0.2) is 0 Å². The van der Waals surface area contributed by atoms with Crippen molar-refractivity contribution >= 4 is 60.5 Å². The van der Waals surface area contributed by atoms with Gasteiger partial charge in [0, 0.05) is 45.5 Å². The Morgan fingerprint density at radius 3 is 2.07 bits per heavy atom. The van der Waals surface area contributed by atoms with Crippen molar-refractivity contribution in [1.82, 2.24) is 4.98 Å². The van der Waals surface area contributed by atoms with E-state index in [0.29, 0.717) is 0 Å². The van der Waals surface area contributed by atoms with Crippen molar-refractivity contribution in [2.45, 2.75) is 0 Å². The minimum atomic E-state index is 0.865. The zero-order valence-electron chi connectivity index (χ0n) is 25.0. The van der Waals surface area contributed by atoms with E-state index in [1.165, 1.54) is 27.5 Å². The van der Waals surface area contributed by atoms with Gasteiger partial charge in [0.15, 0.2) is 0 Å². The molecule has 3 heteroatoms. The van der Waals surface area contributed by atoms with Crippen molar-refractivity contribution in [2.75, 3.05) is 4.90 Å². The molecule has 216 valence electrons. The summed E-state index contributed by atoms with van der Waals surface area (Å²) in [6.07, 6.45) is 3.74. The molecule has 0 aliphatic rings. The molecule has 0 fully saturated rings. The summed E-state index contributed by atoms with van der Waals surface area (Å²) in [4.78, 5) is 6.71. The van der Waals surface area contributed by atoms with Crippen LogP contribution in [-0.4, -0.2) is 4.98 Å². The van der Waals surface area contributed by atoms with E-state index in [2.05, 4.69) is 162 Å². The molecule has 0 saturated heterocycles. The number of fused-ring (bicyclic) bond motifs is 5. The number of aromatic nitrogens is 1. The molecular formula is C43H28N2O. The van der Waals surface area contributed by atoms with Crippen LogP contribution in [0.15, 0.2) is 175 Å². The summed E-state index contributed by atoms with van der Waals surface area (Å²) in [6.45, 7) is 0. The van der Waals surface area contributed by atoms with E-state index in [4.69, 9.17) is 4.42 Å². The fourth-order valence-corrected chi connectivity index (χ4v) is 6.71. The van der Waals surface area contributed by atoms with Gasteiger partial charge in [0.1, 0.15) is 11.2 Å². The van der Waals surface area contributed by atoms with Gasteiger partial charge in [-0.05, 0) is 87.4 Å². The Balaban J connectivity index is 1.24. The monoisotopic (exact) mass is 588 g/mol. The van der Waals surface area contributed by atoms with Crippen LogP contribution in [0.2, 0.25) is 0 Å². The molecule has 46 heavy (non-hydrogen) atoms. The summed E-state index contributed by atoms with van der Waals surface area (Å²) in [5, 5.41) is 6.87. The number of benzene rings is 7. The van der Waals surface area contributed by atoms with Crippen molar-refractivity contribution in [3.05, 3.63) is 170 Å². The molecule has 9 rings (SSSR count). The summed E-state index contributed by atoms with van der Waals surface area (Å²) in [5.41, 5.74) is 9.73. The Morgan fingerprint density at radius 2 is 1.15 bits per heavy atom. The lowest BCUT2D eigenvalue weighted by Gasteiger charge is -2.28. The standard InChI is InChI=1S/C43H28N2O/c1-2-9-30(10-3-1)38-14-6-7-16-41(38)45(34-19-17-31(18-20-34)37-15-8-12-29-11-4-5-13-36(29)37)35-21-22-42-40(27-35)39-25-33-28-44-24-23-32(33)26-43(39)46-42/h1-28H. The quantitative estimate of drug-likeness (QED) is 0.200. The van der Waals surface area contributed by atoms with Crippen LogP contribution in [0.25, 0.3) is 65.7 Å². The summed E-state index contributed by atoms with van der Waals surface area (Å²) >= 11 is 0. The maximum atomic E-state index is 6.36. The zero-order chi connectivity index (χ0) is 30.5. The largest absolute Gasteiger partial charge is 0.456 e. The number of rotatable bonds is 5. The van der Waals surface area contributed by atoms with Gasteiger partial charge in [0.2, 0.25) is 0 Å². The molecule has 0 N–H and O–H groups in total. The fraction of sp³-hybridized carbons (Fsp3) is 0. The Morgan fingerprint density at radius 1 is 0.435 bits per heavy atom. The van der Waals surface area contributed by atoms with Gasteiger partial charge >= 0.3 is 0 Å². The van der Waals surface area contributed by atoms with Crippen molar-refractivity contribution in [2.24, 2.45) is 0 Å². The molecule has 9 aromatic rings. The van der Waals surface area contributed by atoms with Crippen molar-refractivity contribution in [3.63, 3.8) is 0 Å². The van der Waals surface area contributed by atoms with Gasteiger partial charge in [-0.15, -0.1) is 0 Å². The van der Waals surface area contributed by atoms with E-state index < -0.39 is 0 Å². The van der Waals surface area contributed by atoms with E-state index in [1.54, 1.807) is 0 Å². The molecule has 7 aromatic carbocycles. The van der Waals surface area contributed by atoms with Crippen LogP contribution in [0.4, 0.5) is 17.1 Å². The molecule has 3 nitrogen and oxygen atoms in total. The first-order chi connectivity index (χ1) is 22.8. The second-order valence-corrected chi connectivity index (χ2v) is 11.6. The summed E-state index contributed by atoms with van der Waals surface area (Å²) < 4.78 is 6.36. The summed E-state index contributed by atoms with van der Waals surface area (Å²) in [6, 6.07) is 56.1. The lowest BCUT2D eigenvalue weighted by molar-refractivity contribution is 0.669. The van der Waals surface area contributed by atoms with Gasteiger partial charge < -0.3 is 9.32 Å². The van der Waals surface area contributed by atoms with Gasteiger partial charge in [0.05, 0.1) is 5.69 Å². The summed E-state index contributed by atoms with van der Waals surface area (Å²) in [5.74, 6) is 0. The second-order valence-electron chi connectivity index (χ2n) is 11.6. The Labute approximate surface area is 266 Å². The van der Waals surface area contributed by atoms with Gasteiger partial charge in [0.25, 0.3) is 0 Å². The predicted molar refractivity (Wildman–Crippen MR) is 192 cm³/mol. The highest BCUT2D eigenvalue weighted by molar-refractivity contribution is 6.11. The van der Waals surface area contributed by atoms with Crippen molar-refractivity contribution in [1.29, 1.82) is 0 Å². The number of hydrogen-bond acceptors (Lipinski definition) is 3. The minimum absolute atomic E-state index is 0.865. The van der Waals surface area contributed by atoms with E-state index in [9.17, 15) is 0 Å². The second kappa shape index (κ2) is 10.8. The van der Waals surface area contributed by atoms with Crippen LogP contribution in [0.3, 0.4) is 0 Å². The number of anilines is 3. The molecule has 0 unspecified atom stereocenters. The summed E-state index contributed by atoms with van der Waals surface area (Å²) in [7, 11) is 0. The average molecular weight is 589 g/mol. The fourth-order valence-electron chi connectivity index (χ4n) is 6.71. The van der Waals surface area contributed by atoms with Crippen LogP contribution in [0.1, 0.15) is 0 Å². The number of nitrogens with zero attached hydrogens (tertiary/aromatic N) is 2. The first-order valence-corrected chi connectivity index (χ1v) is 15.5. The Bertz CT molecular complexity index is 2530. The van der Waals surface area contributed by atoms with E-state index in [1.807, 2.05) is 18.5 Å². The zero-order valence-corrected chi connectivity index (χ0v) is 25.0. The molecule has 0 amide bonds. The van der Waals surface area contributed by atoms with E-state index in [0.717, 1.165) is 55.3 Å². The molecule has 0 radical (unpaired) electrons. The first-order valence-electron chi connectivity index (χ1n) is 15.5. The smallest absolute Gasteiger partial charge is 0.136 e. The molecule has 2 heterocycles. The maximum Gasteiger partial charge on any atom is 0.136 e. The predicted octanol–water partition coefficient (Wildman–Crippen LogP) is 12.1. The molecule has 0 spiro atoms. The van der Waals surface area contributed by atoms with Crippen LogP contribution in [0.5, 0.6) is 0 Å². The number of hydrogen-bond donors (Lipinski definition) is 0. The third-order valence-corrected chi connectivity index (χ3v) is 8.93. The highest BCUT2D eigenvalue weighted by atomic mass is 16.3. The lowest BCUT2D eigenvalue weighted by atomic mass is 9.97. The SMILES string of the molecule is c1ccc(-c2ccccc2N(c2ccc(-c3cccc4ccccc34)cc2)c2ccc3oc4cc5ccncc5cc4c3c2)cc1. The van der Waals surface area contributed by atoms with Crippen LogP contribution >= 0.6 is 0 Å². The normalized spacial score (nSPS) is 11.5. The van der Waals surface area contributed by atoms with E-state index in [-0.39, 0.29) is 0 Å². The molecule has 0 saturated carbocycles. The molecule has 0 bridgehead atoms. The first kappa shape index (κ1) is 26.2. The van der Waals surface area contributed by atoms with E-state index >= 15 is 0 Å². The molecule has 2 aromatic heterocycles. The molecule has 0 aliphatic carbocycles. The van der Waals surface area contributed by atoms with Gasteiger partial charge in [-0.1, -0.05) is 103 Å². The number of pyridine rings is 1. The highest BCUT2D eigenvalue weighted by Gasteiger charge is 2.19. The van der Waals surface area contributed by atoms with Gasteiger partial charge in [-0.2, -0.15) is 0 Å². The maximum absolute atomic E-state index is 6.36. The Hall–Kier alpha value is -6.19. The third kappa shape index (κ3) is 4.41. The van der Waals surface area contributed by atoms with Crippen molar-refractivity contribution < 1.29 is 4.42 Å². The van der Waals surface area contributed by atoms with Crippen LogP contribution in [-0.2, 0) is 0 Å². The number of para-hydroxylation sites is 1. The third-order valence-electron chi connectivity index (χ3n) is 8.93. The number of furan rings is 1. The minimum Gasteiger partial charge on any atom is -0.456 e. The average Bonchev–Trinajstić information content (AvgIpc) is 3.48. The lowest BCUT2D eigenvalue weighted by Crippen LogP contribution is -2.11. The van der Waals surface area contributed by atoms with Gasteiger partial charge in [-0.3, -0.25) is 4.98 Å². The molecular weight excluding hydrogens is 560 g/mol. The van der Waals surface area contributed by atoms with Crippen molar-refractivity contribution in [3.8, 4) is 22.3 Å². The Kier molecular flexibility index (Phi) is 6.14. The molecule has 0 atom stereocenters. The highest BCUT2D eigenvalue weighted by Crippen LogP contribution is 2.43. The molecule has 0 aliphatic heterocycles. The topological polar surface area (TPSA) is 29.3 Å². The van der Waals surface area contributed by atoms with Crippen LogP contribution < -0.4 is 4.90 Å². The van der Waals surface area contributed by atoms with Crippen LogP contribution in [0, 0.1) is 0 Å².